The fourth-order valence-electron chi connectivity index (χ4n) is 3.36. The second-order valence-corrected chi connectivity index (χ2v) is 7.90. The van der Waals surface area contributed by atoms with E-state index in [1.807, 2.05) is 100 Å². The number of ether oxygens (including phenoxy) is 1. The number of benzene rings is 3. The summed E-state index contributed by atoms with van der Waals surface area (Å²) in [6, 6.07) is 23.0. The standard InChI is InChI=1S/C16H16O2.C12H13N3O.C2H6/c1-12-8-9-15(13(2)10-12)16(17)18-11-14-6-4-3-5-7-14;13-5-3-12(16)15-11-2-1-10-8-14-6-4-9(10)7-11;1-2/h3-10H,11H2,1-2H3;1-2,4,6-8H,3,5,13H2,(H,15,16);1-2H3. The van der Waals surface area contributed by atoms with Crippen LogP contribution in [0.4, 0.5) is 5.69 Å². The lowest BCUT2D eigenvalue weighted by atomic mass is 10.1. The SMILES string of the molecule is CC.Cc1ccc(C(=O)OCc2ccccc2)c(C)c1.NCCC(=O)Nc1ccc2cnccc2c1. The van der Waals surface area contributed by atoms with E-state index in [9.17, 15) is 9.59 Å². The second-order valence-electron chi connectivity index (χ2n) is 7.90. The number of nitrogens with two attached hydrogens (primary N) is 1. The number of pyridine rings is 1. The molecule has 0 spiro atoms. The van der Waals surface area contributed by atoms with Crippen LogP contribution in [-0.2, 0) is 16.1 Å². The first-order chi connectivity index (χ1) is 17.5. The maximum Gasteiger partial charge on any atom is 0.338 e. The van der Waals surface area contributed by atoms with Crippen LogP contribution in [0.5, 0.6) is 0 Å². The average molecular weight is 486 g/mol. The molecule has 0 bridgehead atoms. The van der Waals surface area contributed by atoms with Gasteiger partial charge in [-0.25, -0.2) is 4.79 Å². The molecule has 36 heavy (non-hydrogen) atoms. The molecular weight excluding hydrogens is 450 g/mol. The van der Waals surface area contributed by atoms with Gasteiger partial charge in [0, 0.05) is 36.4 Å². The molecule has 0 aliphatic rings. The molecule has 6 heteroatoms. The number of carbonyl (C=O) groups excluding carboxylic acids is 2. The highest BCUT2D eigenvalue weighted by atomic mass is 16.5. The minimum absolute atomic E-state index is 0.0593. The fraction of sp³-hybridized carbons (Fsp3) is 0.233. The van der Waals surface area contributed by atoms with Crippen LogP contribution in [0, 0.1) is 13.8 Å². The van der Waals surface area contributed by atoms with E-state index in [4.69, 9.17) is 10.5 Å². The zero-order valence-corrected chi connectivity index (χ0v) is 21.5. The number of rotatable bonds is 6. The predicted molar refractivity (Wildman–Crippen MR) is 147 cm³/mol. The lowest BCUT2D eigenvalue weighted by molar-refractivity contribution is -0.116. The third-order valence-corrected chi connectivity index (χ3v) is 5.11. The van der Waals surface area contributed by atoms with Gasteiger partial charge in [0.25, 0.3) is 0 Å². The first-order valence-electron chi connectivity index (χ1n) is 12.1. The molecule has 1 amide bonds. The van der Waals surface area contributed by atoms with Crippen LogP contribution in [0.3, 0.4) is 0 Å². The number of fused-ring (bicyclic) bond motifs is 1. The van der Waals surface area contributed by atoms with Crippen molar-refractivity contribution < 1.29 is 14.3 Å². The van der Waals surface area contributed by atoms with Crippen molar-refractivity contribution in [2.45, 2.75) is 40.7 Å². The van der Waals surface area contributed by atoms with E-state index in [1.54, 1.807) is 12.4 Å². The lowest BCUT2D eigenvalue weighted by Gasteiger charge is -2.07. The molecule has 0 aliphatic carbocycles. The molecule has 6 nitrogen and oxygen atoms in total. The lowest BCUT2D eigenvalue weighted by Crippen LogP contribution is -2.16. The Morgan fingerprint density at radius 1 is 0.917 bits per heavy atom. The first-order valence-corrected chi connectivity index (χ1v) is 12.1. The van der Waals surface area contributed by atoms with Crippen molar-refractivity contribution in [3.8, 4) is 0 Å². The molecule has 4 aromatic rings. The number of carbonyl (C=O) groups is 2. The molecule has 188 valence electrons. The second kappa shape index (κ2) is 15.1. The summed E-state index contributed by atoms with van der Waals surface area (Å²) in [6.45, 7) is 8.61. The van der Waals surface area contributed by atoms with Crippen LogP contribution in [0.25, 0.3) is 10.8 Å². The fourth-order valence-corrected chi connectivity index (χ4v) is 3.36. The largest absolute Gasteiger partial charge is 0.457 e. The van der Waals surface area contributed by atoms with Gasteiger partial charge in [0.1, 0.15) is 6.61 Å². The summed E-state index contributed by atoms with van der Waals surface area (Å²) in [5.74, 6) is -0.327. The average Bonchev–Trinajstić information content (AvgIpc) is 2.89. The molecule has 0 aliphatic heterocycles. The Morgan fingerprint density at radius 3 is 2.36 bits per heavy atom. The van der Waals surface area contributed by atoms with Crippen LogP contribution in [-0.4, -0.2) is 23.4 Å². The number of nitrogens with one attached hydrogen (secondary N) is 1. The molecule has 1 heterocycles. The molecule has 0 unspecified atom stereocenters. The first kappa shape index (κ1) is 28.2. The van der Waals surface area contributed by atoms with E-state index >= 15 is 0 Å². The van der Waals surface area contributed by atoms with Gasteiger partial charge in [0.2, 0.25) is 5.91 Å². The molecule has 0 radical (unpaired) electrons. The normalized spacial score (nSPS) is 9.81. The minimum Gasteiger partial charge on any atom is -0.457 e. The van der Waals surface area contributed by atoms with Gasteiger partial charge in [-0.1, -0.05) is 67.9 Å². The van der Waals surface area contributed by atoms with Gasteiger partial charge in [-0.15, -0.1) is 0 Å². The Bertz CT molecular complexity index is 1260. The third-order valence-electron chi connectivity index (χ3n) is 5.11. The number of aryl methyl sites for hydroxylation is 2. The van der Waals surface area contributed by atoms with Crippen LogP contribution in [0.15, 0.2) is 85.2 Å². The van der Waals surface area contributed by atoms with Gasteiger partial charge in [-0.3, -0.25) is 9.78 Å². The molecule has 0 saturated heterocycles. The molecule has 0 fully saturated rings. The van der Waals surface area contributed by atoms with Gasteiger partial charge in [0.15, 0.2) is 0 Å². The zero-order chi connectivity index (χ0) is 26.3. The molecule has 0 saturated carbocycles. The van der Waals surface area contributed by atoms with Crippen molar-refractivity contribution in [1.29, 1.82) is 0 Å². The van der Waals surface area contributed by atoms with E-state index in [0.717, 1.165) is 33.2 Å². The Kier molecular flexibility index (Phi) is 11.8. The monoisotopic (exact) mass is 485 g/mol. The maximum absolute atomic E-state index is 11.9. The van der Waals surface area contributed by atoms with E-state index in [0.29, 0.717) is 25.1 Å². The van der Waals surface area contributed by atoms with E-state index in [-0.39, 0.29) is 11.9 Å². The molecule has 0 atom stereocenters. The van der Waals surface area contributed by atoms with E-state index in [1.165, 1.54) is 0 Å². The summed E-state index contributed by atoms with van der Waals surface area (Å²) in [5, 5.41) is 4.91. The van der Waals surface area contributed by atoms with Crippen molar-refractivity contribution in [3.63, 3.8) is 0 Å². The quantitative estimate of drug-likeness (QED) is 0.317. The number of aromatic nitrogens is 1. The molecular formula is C30H35N3O3. The smallest absolute Gasteiger partial charge is 0.338 e. The summed E-state index contributed by atoms with van der Waals surface area (Å²) < 4.78 is 5.30. The number of nitrogens with zero attached hydrogens (tertiary/aromatic N) is 1. The summed E-state index contributed by atoms with van der Waals surface area (Å²) >= 11 is 0. The van der Waals surface area contributed by atoms with Crippen LogP contribution in [0.1, 0.15) is 47.3 Å². The minimum atomic E-state index is -0.267. The van der Waals surface area contributed by atoms with Crippen molar-refractivity contribution in [3.05, 3.63) is 107 Å². The molecule has 3 aromatic carbocycles. The maximum atomic E-state index is 11.9. The Morgan fingerprint density at radius 2 is 1.67 bits per heavy atom. The number of esters is 1. The van der Waals surface area contributed by atoms with Crippen molar-refractivity contribution in [2.24, 2.45) is 5.73 Å². The van der Waals surface area contributed by atoms with Crippen LogP contribution < -0.4 is 11.1 Å². The van der Waals surface area contributed by atoms with Gasteiger partial charge >= 0.3 is 5.97 Å². The Labute approximate surface area is 213 Å². The number of anilines is 1. The topological polar surface area (TPSA) is 94.3 Å². The predicted octanol–water partition coefficient (Wildman–Crippen LogP) is 6.21. The van der Waals surface area contributed by atoms with E-state index < -0.39 is 0 Å². The van der Waals surface area contributed by atoms with Crippen LogP contribution in [0.2, 0.25) is 0 Å². The van der Waals surface area contributed by atoms with Gasteiger partial charge in [-0.2, -0.15) is 0 Å². The highest BCUT2D eigenvalue weighted by molar-refractivity contribution is 5.94. The van der Waals surface area contributed by atoms with Crippen molar-refractivity contribution in [1.82, 2.24) is 4.98 Å². The van der Waals surface area contributed by atoms with Gasteiger partial charge < -0.3 is 15.8 Å². The number of hydrogen-bond acceptors (Lipinski definition) is 5. The highest BCUT2D eigenvalue weighted by Crippen LogP contribution is 2.18. The molecule has 4 rings (SSSR count). The highest BCUT2D eigenvalue weighted by Gasteiger charge is 2.10. The summed E-state index contributed by atoms with van der Waals surface area (Å²) in [4.78, 5) is 27.3. The Balaban J connectivity index is 0.000000239. The van der Waals surface area contributed by atoms with Gasteiger partial charge in [0.05, 0.1) is 5.56 Å². The molecule has 1 aromatic heterocycles. The zero-order valence-electron chi connectivity index (χ0n) is 21.5. The third kappa shape index (κ3) is 8.96. The number of amides is 1. The summed E-state index contributed by atoms with van der Waals surface area (Å²) in [6.07, 6.45) is 3.86. The van der Waals surface area contributed by atoms with Crippen LogP contribution >= 0.6 is 0 Å². The summed E-state index contributed by atoms with van der Waals surface area (Å²) in [5.41, 5.74) is 9.82. The molecule has 3 N–H and O–H groups in total. The van der Waals surface area contributed by atoms with Gasteiger partial charge in [-0.05, 0) is 54.6 Å². The van der Waals surface area contributed by atoms with Crippen molar-refractivity contribution in [2.75, 3.05) is 11.9 Å². The summed E-state index contributed by atoms with van der Waals surface area (Å²) in [7, 11) is 0. The Hall–Kier alpha value is -4.03. The number of hydrogen-bond donors (Lipinski definition) is 2. The van der Waals surface area contributed by atoms with E-state index in [2.05, 4.69) is 10.3 Å². The van der Waals surface area contributed by atoms with Crippen molar-refractivity contribution >= 4 is 28.3 Å².